The van der Waals surface area contributed by atoms with Crippen molar-refractivity contribution >= 4 is 5.97 Å². The summed E-state index contributed by atoms with van der Waals surface area (Å²) in [5.74, 6) is -0.0345. The standard InChI is InChI=1S/C12H24N2O3/c1-4-17-8-7-14(2)9-12(13,10-5-6-10)11(15)16-3/h10H,4-9,13H2,1-3H3. The van der Waals surface area contributed by atoms with E-state index in [1.807, 2.05) is 18.9 Å². The second kappa shape index (κ2) is 6.33. The first kappa shape index (κ1) is 14.4. The zero-order valence-corrected chi connectivity index (χ0v) is 11.1. The number of nitrogens with zero attached hydrogens (tertiary/aromatic N) is 1. The molecule has 0 amide bonds. The lowest BCUT2D eigenvalue weighted by Gasteiger charge is -2.31. The molecule has 5 nitrogen and oxygen atoms in total. The second-order valence-corrected chi connectivity index (χ2v) is 4.74. The first-order valence-corrected chi connectivity index (χ1v) is 6.18. The maximum atomic E-state index is 11.8. The predicted octanol–water partition coefficient (Wildman–Crippen LogP) is 0.235. The van der Waals surface area contributed by atoms with Gasteiger partial charge in [0.05, 0.1) is 13.7 Å². The molecule has 1 fully saturated rings. The fourth-order valence-electron chi connectivity index (χ4n) is 2.04. The van der Waals surface area contributed by atoms with Crippen molar-refractivity contribution < 1.29 is 14.3 Å². The SMILES string of the molecule is CCOCCN(C)CC(N)(C(=O)OC)C1CC1. The van der Waals surface area contributed by atoms with Crippen LogP contribution in [-0.2, 0) is 14.3 Å². The van der Waals surface area contributed by atoms with Crippen molar-refractivity contribution in [3.8, 4) is 0 Å². The maximum absolute atomic E-state index is 11.8. The second-order valence-electron chi connectivity index (χ2n) is 4.74. The Bertz CT molecular complexity index is 256. The largest absolute Gasteiger partial charge is 0.468 e. The van der Waals surface area contributed by atoms with Gasteiger partial charge < -0.3 is 20.1 Å². The molecular weight excluding hydrogens is 220 g/mol. The number of likely N-dealkylation sites (N-methyl/N-ethyl adjacent to an activating group) is 1. The van der Waals surface area contributed by atoms with E-state index in [0.717, 1.165) is 19.4 Å². The predicted molar refractivity (Wildman–Crippen MR) is 65.6 cm³/mol. The molecule has 0 heterocycles. The van der Waals surface area contributed by atoms with E-state index < -0.39 is 5.54 Å². The van der Waals surface area contributed by atoms with Crippen molar-refractivity contribution in [3.05, 3.63) is 0 Å². The van der Waals surface area contributed by atoms with Gasteiger partial charge in [-0.15, -0.1) is 0 Å². The van der Waals surface area contributed by atoms with Gasteiger partial charge in [-0.2, -0.15) is 0 Å². The van der Waals surface area contributed by atoms with E-state index in [-0.39, 0.29) is 11.9 Å². The maximum Gasteiger partial charge on any atom is 0.327 e. The van der Waals surface area contributed by atoms with Crippen LogP contribution in [0.3, 0.4) is 0 Å². The topological polar surface area (TPSA) is 64.8 Å². The zero-order chi connectivity index (χ0) is 12.9. The zero-order valence-electron chi connectivity index (χ0n) is 11.1. The van der Waals surface area contributed by atoms with Crippen molar-refractivity contribution in [3.63, 3.8) is 0 Å². The van der Waals surface area contributed by atoms with E-state index in [1.165, 1.54) is 7.11 Å². The van der Waals surface area contributed by atoms with Crippen LogP contribution in [0, 0.1) is 5.92 Å². The Morgan fingerprint density at radius 3 is 2.65 bits per heavy atom. The van der Waals surface area contributed by atoms with E-state index in [9.17, 15) is 4.79 Å². The minimum Gasteiger partial charge on any atom is -0.468 e. The summed E-state index contributed by atoms with van der Waals surface area (Å²) in [5, 5.41) is 0. The molecule has 0 aliphatic heterocycles. The molecule has 100 valence electrons. The molecule has 0 radical (unpaired) electrons. The Hall–Kier alpha value is -0.650. The van der Waals surface area contributed by atoms with Gasteiger partial charge in [0.15, 0.2) is 0 Å². The molecule has 1 saturated carbocycles. The van der Waals surface area contributed by atoms with Gasteiger partial charge in [0, 0.05) is 19.7 Å². The summed E-state index contributed by atoms with van der Waals surface area (Å²) in [6.45, 7) is 4.63. The Kier molecular flexibility index (Phi) is 5.36. The van der Waals surface area contributed by atoms with Gasteiger partial charge in [-0.1, -0.05) is 0 Å². The lowest BCUT2D eigenvalue weighted by molar-refractivity contribution is -0.148. The molecule has 1 unspecified atom stereocenters. The average Bonchev–Trinajstić information content (AvgIpc) is 3.12. The number of methoxy groups -OCH3 is 1. The van der Waals surface area contributed by atoms with Crippen LogP contribution in [0.5, 0.6) is 0 Å². The summed E-state index contributed by atoms with van der Waals surface area (Å²) >= 11 is 0. The Morgan fingerprint density at radius 2 is 2.18 bits per heavy atom. The molecule has 0 aromatic rings. The molecule has 0 aromatic carbocycles. The normalized spacial score (nSPS) is 19.1. The van der Waals surface area contributed by atoms with E-state index in [4.69, 9.17) is 15.2 Å². The average molecular weight is 244 g/mol. The number of carbonyl (C=O) groups is 1. The van der Waals surface area contributed by atoms with E-state index in [0.29, 0.717) is 19.8 Å². The Morgan fingerprint density at radius 1 is 1.53 bits per heavy atom. The molecule has 5 heteroatoms. The van der Waals surface area contributed by atoms with Crippen LogP contribution in [0.4, 0.5) is 0 Å². The van der Waals surface area contributed by atoms with E-state index in [2.05, 4.69) is 0 Å². The summed E-state index contributed by atoms with van der Waals surface area (Å²) in [6.07, 6.45) is 2.04. The Labute approximate surface area is 103 Å². The van der Waals surface area contributed by atoms with Gasteiger partial charge in [-0.05, 0) is 32.7 Å². The van der Waals surface area contributed by atoms with Gasteiger partial charge in [-0.25, -0.2) is 0 Å². The van der Waals surface area contributed by atoms with Crippen LogP contribution >= 0.6 is 0 Å². The number of hydrogen-bond donors (Lipinski definition) is 1. The van der Waals surface area contributed by atoms with Crippen molar-refractivity contribution in [2.45, 2.75) is 25.3 Å². The number of rotatable bonds is 8. The molecule has 0 saturated heterocycles. The number of hydrogen-bond acceptors (Lipinski definition) is 5. The quantitative estimate of drug-likeness (QED) is 0.489. The van der Waals surface area contributed by atoms with Crippen molar-refractivity contribution in [2.75, 3.05) is 40.5 Å². The van der Waals surface area contributed by atoms with Crippen molar-refractivity contribution in [1.29, 1.82) is 0 Å². The lowest BCUT2D eigenvalue weighted by Crippen LogP contribution is -2.58. The highest BCUT2D eigenvalue weighted by Crippen LogP contribution is 2.39. The molecule has 1 aliphatic carbocycles. The molecular formula is C12H24N2O3. The van der Waals surface area contributed by atoms with Crippen LogP contribution < -0.4 is 5.73 Å². The summed E-state index contributed by atoms with van der Waals surface area (Å²) < 4.78 is 10.1. The van der Waals surface area contributed by atoms with Gasteiger partial charge in [0.2, 0.25) is 0 Å². The van der Waals surface area contributed by atoms with E-state index >= 15 is 0 Å². The third-order valence-corrected chi connectivity index (χ3v) is 3.22. The molecule has 2 N–H and O–H groups in total. The van der Waals surface area contributed by atoms with Crippen molar-refractivity contribution in [2.24, 2.45) is 11.7 Å². The minimum atomic E-state index is -0.851. The summed E-state index contributed by atoms with van der Waals surface area (Å²) in [5.41, 5.74) is 5.35. The molecule has 1 rings (SSSR count). The molecule has 17 heavy (non-hydrogen) atoms. The first-order chi connectivity index (χ1) is 8.04. The summed E-state index contributed by atoms with van der Waals surface area (Å²) in [6, 6.07) is 0. The fraction of sp³-hybridized carbons (Fsp3) is 0.917. The van der Waals surface area contributed by atoms with Crippen LogP contribution in [0.25, 0.3) is 0 Å². The smallest absolute Gasteiger partial charge is 0.327 e. The van der Waals surface area contributed by atoms with Gasteiger partial charge >= 0.3 is 5.97 Å². The molecule has 1 atom stereocenters. The summed E-state index contributed by atoms with van der Waals surface area (Å²) in [7, 11) is 3.35. The van der Waals surface area contributed by atoms with Gasteiger partial charge in [0.1, 0.15) is 5.54 Å². The number of ether oxygens (including phenoxy) is 2. The van der Waals surface area contributed by atoms with Crippen molar-refractivity contribution in [1.82, 2.24) is 4.90 Å². The summed E-state index contributed by atoms with van der Waals surface area (Å²) in [4.78, 5) is 13.8. The lowest BCUT2D eigenvalue weighted by atomic mass is 9.94. The fourth-order valence-corrected chi connectivity index (χ4v) is 2.04. The molecule has 0 spiro atoms. The highest BCUT2D eigenvalue weighted by Gasteiger charge is 2.49. The van der Waals surface area contributed by atoms with Crippen LogP contribution in [0.2, 0.25) is 0 Å². The van der Waals surface area contributed by atoms with Gasteiger partial charge in [0.25, 0.3) is 0 Å². The number of nitrogens with two attached hydrogens (primary N) is 1. The van der Waals surface area contributed by atoms with Gasteiger partial charge in [-0.3, -0.25) is 4.79 Å². The minimum absolute atomic E-state index is 0.268. The monoisotopic (exact) mass is 244 g/mol. The van der Waals surface area contributed by atoms with Crippen LogP contribution in [0.1, 0.15) is 19.8 Å². The molecule has 0 aromatic heterocycles. The number of esters is 1. The molecule has 0 bridgehead atoms. The van der Waals surface area contributed by atoms with E-state index in [1.54, 1.807) is 0 Å². The third-order valence-electron chi connectivity index (χ3n) is 3.22. The first-order valence-electron chi connectivity index (χ1n) is 6.18. The third kappa shape index (κ3) is 3.94. The molecule has 1 aliphatic rings. The number of carbonyl (C=O) groups excluding carboxylic acids is 1. The van der Waals surface area contributed by atoms with Crippen LogP contribution in [0.15, 0.2) is 0 Å². The highest BCUT2D eigenvalue weighted by molar-refractivity contribution is 5.81. The highest BCUT2D eigenvalue weighted by atomic mass is 16.5. The Balaban J connectivity index is 2.46. The van der Waals surface area contributed by atoms with Crippen LogP contribution in [-0.4, -0.2) is 56.9 Å².